The predicted octanol–water partition coefficient (Wildman–Crippen LogP) is 4.47. The molecule has 2 rings (SSSR count). The van der Waals surface area contributed by atoms with E-state index in [9.17, 15) is 9.50 Å². The molecule has 0 aliphatic carbocycles. The molecule has 2 aromatic rings. The van der Waals surface area contributed by atoms with E-state index >= 15 is 0 Å². The standard InChI is InChI=1S/C14H13BrFNO/c1-9(11-4-2-3-5-14(11)18)17-13-8-10(16)6-7-12(13)15/h2-9,17-18H,1H3. The summed E-state index contributed by atoms with van der Waals surface area (Å²) in [6.07, 6.45) is 0. The number of hydrogen-bond donors (Lipinski definition) is 2. The summed E-state index contributed by atoms with van der Waals surface area (Å²) in [5, 5.41) is 12.9. The molecule has 0 aliphatic heterocycles. The van der Waals surface area contributed by atoms with Crippen LogP contribution < -0.4 is 5.32 Å². The fraction of sp³-hybridized carbons (Fsp3) is 0.143. The van der Waals surface area contributed by atoms with Gasteiger partial charge in [0.2, 0.25) is 0 Å². The quantitative estimate of drug-likeness (QED) is 0.877. The summed E-state index contributed by atoms with van der Waals surface area (Å²) in [7, 11) is 0. The third-order valence-electron chi connectivity index (χ3n) is 2.70. The second-order valence-corrected chi connectivity index (χ2v) is 4.90. The molecule has 18 heavy (non-hydrogen) atoms. The topological polar surface area (TPSA) is 32.3 Å². The lowest BCUT2D eigenvalue weighted by molar-refractivity contribution is 0.465. The summed E-state index contributed by atoms with van der Waals surface area (Å²) in [6, 6.07) is 11.4. The van der Waals surface area contributed by atoms with Crippen LogP contribution >= 0.6 is 15.9 Å². The molecule has 0 radical (unpaired) electrons. The first-order valence-corrected chi connectivity index (χ1v) is 6.36. The first-order chi connectivity index (χ1) is 8.58. The summed E-state index contributed by atoms with van der Waals surface area (Å²) in [6.45, 7) is 1.91. The van der Waals surface area contributed by atoms with Crippen LogP contribution in [0.25, 0.3) is 0 Å². The van der Waals surface area contributed by atoms with Crippen molar-refractivity contribution < 1.29 is 9.50 Å². The van der Waals surface area contributed by atoms with Crippen molar-refractivity contribution in [3.8, 4) is 5.75 Å². The average Bonchev–Trinajstić information content (AvgIpc) is 2.34. The van der Waals surface area contributed by atoms with E-state index in [2.05, 4.69) is 21.2 Å². The van der Waals surface area contributed by atoms with E-state index in [1.54, 1.807) is 18.2 Å². The number of rotatable bonds is 3. The van der Waals surface area contributed by atoms with Crippen LogP contribution in [-0.4, -0.2) is 5.11 Å². The van der Waals surface area contributed by atoms with Gasteiger partial charge in [-0.15, -0.1) is 0 Å². The minimum atomic E-state index is -0.301. The third-order valence-corrected chi connectivity index (χ3v) is 3.40. The lowest BCUT2D eigenvalue weighted by Gasteiger charge is -2.17. The second kappa shape index (κ2) is 5.40. The van der Waals surface area contributed by atoms with Crippen LogP contribution in [0.1, 0.15) is 18.5 Å². The SMILES string of the molecule is CC(Nc1cc(F)ccc1Br)c1ccccc1O. The Hall–Kier alpha value is -1.55. The molecule has 0 spiro atoms. The maximum Gasteiger partial charge on any atom is 0.125 e. The van der Waals surface area contributed by atoms with E-state index in [1.807, 2.05) is 19.1 Å². The molecule has 1 unspecified atom stereocenters. The van der Waals surface area contributed by atoms with Gasteiger partial charge in [-0.25, -0.2) is 4.39 Å². The molecule has 0 saturated carbocycles. The van der Waals surface area contributed by atoms with E-state index in [1.165, 1.54) is 12.1 Å². The van der Waals surface area contributed by atoms with Crippen LogP contribution in [-0.2, 0) is 0 Å². The zero-order valence-electron chi connectivity index (χ0n) is 9.82. The van der Waals surface area contributed by atoms with Gasteiger partial charge < -0.3 is 10.4 Å². The molecule has 0 heterocycles. The van der Waals surface area contributed by atoms with Crippen LogP contribution in [0, 0.1) is 5.82 Å². The molecule has 4 heteroatoms. The summed E-state index contributed by atoms with van der Waals surface area (Å²) in [5.74, 6) is -0.0739. The van der Waals surface area contributed by atoms with Gasteiger partial charge >= 0.3 is 0 Å². The smallest absolute Gasteiger partial charge is 0.125 e. The number of nitrogens with one attached hydrogen (secondary N) is 1. The van der Waals surface area contributed by atoms with Gasteiger partial charge in [-0.2, -0.15) is 0 Å². The Morgan fingerprint density at radius 1 is 1.22 bits per heavy atom. The number of para-hydroxylation sites is 1. The van der Waals surface area contributed by atoms with Crippen molar-refractivity contribution >= 4 is 21.6 Å². The molecular weight excluding hydrogens is 297 g/mol. The van der Waals surface area contributed by atoms with Gasteiger partial charge in [-0.05, 0) is 47.1 Å². The normalized spacial score (nSPS) is 12.2. The van der Waals surface area contributed by atoms with Crippen molar-refractivity contribution in [3.05, 3.63) is 58.3 Å². The zero-order chi connectivity index (χ0) is 13.1. The largest absolute Gasteiger partial charge is 0.508 e. The van der Waals surface area contributed by atoms with Crippen LogP contribution in [0.3, 0.4) is 0 Å². The Morgan fingerprint density at radius 3 is 2.67 bits per heavy atom. The number of hydrogen-bond acceptors (Lipinski definition) is 2. The van der Waals surface area contributed by atoms with E-state index in [4.69, 9.17) is 0 Å². The van der Waals surface area contributed by atoms with Gasteiger partial charge in [0, 0.05) is 10.0 Å². The fourth-order valence-electron chi connectivity index (χ4n) is 1.77. The number of benzene rings is 2. The van der Waals surface area contributed by atoms with Crippen LogP contribution in [0.2, 0.25) is 0 Å². The number of aromatic hydroxyl groups is 1. The summed E-state index contributed by atoms with van der Waals surface area (Å²) in [4.78, 5) is 0. The van der Waals surface area contributed by atoms with E-state index < -0.39 is 0 Å². The second-order valence-electron chi connectivity index (χ2n) is 4.05. The van der Waals surface area contributed by atoms with Crippen molar-refractivity contribution in [1.29, 1.82) is 0 Å². The maximum atomic E-state index is 13.2. The van der Waals surface area contributed by atoms with Crippen molar-refractivity contribution in [1.82, 2.24) is 0 Å². The molecule has 0 aliphatic rings. The molecule has 1 atom stereocenters. The summed E-state index contributed by atoms with van der Waals surface area (Å²) in [5.41, 5.74) is 1.43. The molecule has 0 bridgehead atoms. The van der Waals surface area contributed by atoms with Crippen molar-refractivity contribution in [2.75, 3.05) is 5.32 Å². The zero-order valence-corrected chi connectivity index (χ0v) is 11.4. The predicted molar refractivity (Wildman–Crippen MR) is 74.2 cm³/mol. The molecule has 2 N–H and O–H groups in total. The molecule has 0 saturated heterocycles. The Morgan fingerprint density at radius 2 is 1.94 bits per heavy atom. The van der Waals surface area contributed by atoms with Gasteiger partial charge in [0.1, 0.15) is 11.6 Å². The average molecular weight is 310 g/mol. The number of phenols is 1. The molecule has 2 nitrogen and oxygen atoms in total. The highest BCUT2D eigenvalue weighted by molar-refractivity contribution is 9.10. The van der Waals surface area contributed by atoms with Crippen molar-refractivity contribution in [3.63, 3.8) is 0 Å². The monoisotopic (exact) mass is 309 g/mol. The highest BCUT2D eigenvalue weighted by atomic mass is 79.9. The minimum absolute atomic E-state index is 0.121. The molecule has 0 amide bonds. The van der Waals surface area contributed by atoms with Crippen molar-refractivity contribution in [2.45, 2.75) is 13.0 Å². The highest BCUT2D eigenvalue weighted by Gasteiger charge is 2.11. The van der Waals surface area contributed by atoms with Crippen molar-refractivity contribution in [2.24, 2.45) is 0 Å². The molecule has 2 aromatic carbocycles. The van der Waals surface area contributed by atoms with E-state index in [0.717, 1.165) is 10.0 Å². The molecular formula is C14H13BrFNO. The highest BCUT2D eigenvalue weighted by Crippen LogP contribution is 2.30. The van der Waals surface area contributed by atoms with Gasteiger partial charge in [-0.1, -0.05) is 18.2 Å². The summed E-state index contributed by atoms with van der Waals surface area (Å²) < 4.78 is 14.0. The lowest BCUT2D eigenvalue weighted by atomic mass is 10.1. The van der Waals surface area contributed by atoms with Gasteiger partial charge in [-0.3, -0.25) is 0 Å². The van der Waals surface area contributed by atoms with E-state index in [-0.39, 0.29) is 17.6 Å². The number of anilines is 1. The van der Waals surface area contributed by atoms with Crippen LogP contribution in [0.4, 0.5) is 10.1 Å². The van der Waals surface area contributed by atoms with Gasteiger partial charge in [0.15, 0.2) is 0 Å². The number of halogens is 2. The third kappa shape index (κ3) is 2.82. The molecule has 94 valence electrons. The van der Waals surface area contributed by atoms with E-state index in [0.29, 0.717) is 5.69 Å². The Bertz CT molecular complexity index is 559. The van der Waals surface area contributed by atoms with Crippen LogP contribution in [0.15, 0.2) is 46.9 Å². The molecule has 0 aromatic heterocycles. The molecule has 0 fully saturated rings. The number of phenolic OH excluding ortho intramolecular Hbond substituents is 1. The van der Waals surface area contributed by atoms with Crippen LogP contribution in [0.5, 0.6) is 5.75 Å². The van der Waals surface area contributed by atoms with Gasteiger partial charge in [0.25, 0.3) is 0 Å². The first kappa shape index (κ1) is 12.9. The van der Waals surface area contributed by atoms with Gasteiger partial charge in [0.05, 0.1) is 11.7 Å². The maximum absolute atomic E-state index is 13.2. The fourth-order valence-corrected chi connectivity index (χ4v) is 2.13. The first-order valence-electron chi connectivity index (χ1n) is 5.57. The Balaban J connectivity index is 2.24. The Labute approximate surface area is 114 Å². The summed E-state index contributed by atoms with van der Waals surface area (Å²) >= 11 is 3.36. The minimum Gasteiger partial charge on any atom is -0.508 e. The lowest BCUT2D eigenvalue weighted by Crippen LogP contribution is -2.07. The Kier molecular flexibility index (Phi) is 3.87.